The van der Waals surface area contributed by atoms with Crippen molar-refractivity contribution in [3.05, 3.63) is 182 Å². The highest BCUT2D eigenvalue weighted by molar-refractivity contribution is 6.18. The molecule has 0 saturated carbocycles. The molecule has 0 fully saturated rings. The summed E-state index contributed by atoms with van der Waals surface area (Å²) >= 11 is 0. The van der Waals surface area contributed by atoms with Crippen molar-refractivity contribution < 1.29 is 0 Å². The molecule has 0 aliphatic heterocycles. The van der Waals surface area contributed by atoms with E-state index in [0.29, 0.717) is 0 Å². The molecule has 0 atom stereocenters. The lowest BCUT2D eigenvalue weighted by atomic mass is 9.96. The minimum Gasteiger partial charge on any atom is -0.344 e. The fraction of sp³-hybridized carbons (Fsp3) is 0.0204. The molecule has 0 spiro atoms. The van der Waals surface area contributed by atoms with Gasteiger partial charge in [-0.05, 0) is 101 Å². The zero-order valence-electron chi connectivity index (χ0n) is 28.7. The van der Waals surface area contributed by atoms with Crippen LogP contribution in [0.4, 0.5) is 0 Å². The number of benzene rings is 8. The zero-order chi connectivity index (χ0) is 34.3. The molecule has 8 aromatic carbocycles. The van der Waals surface area contributed by atoms with Crippen molar-refractivity contribution >= 4 is 65.4 Å². The van der Waals surface area contributed by atoms with Gasteiger partial charge in [-0.15, -0.1) is 0 Å². The quantitative estimate of drug-likeness (QED) is 0.178. The maximum absolute atomic E-state index is 2.40. The van der Waals surface area contributed by atoms with Crippen LogP contribution in [0.25, 0.3) is 99.0 Å². The SMILES string of the molecule is Cn1c2ccc(-c3ccc4c(c3)c3ccccc3n4-c3ccccc3)cc2c2c(-c3ccc4c(c3)c3ccccc3n4-c3ccccc3)cccc21. The van der Waals surface area contributed by atoms with Crippen molar-refractivity contribution in [2.45, 2.75) is 0 Å². The van der Waals surface area contributed by atoms with Gasteiger partial charge in [0.25, 0.3) is 0 Å². The largest absolute Gasteiger partial charge is 0.344 e. The van der Waals surface area contributed by atoms with Gasteiger partial charge < -0.3 is 13.7 Å². The fourth-order valence-electron chi connectivity index (χ4n) is 8.68. The summed E-state index contributed by atoms with van der Waals surface area (Å²) in [6, 6.07) is 66.5. The maximum Gasteiger partial charge on any atom is 0.0541 e. The second-order valence-corrected chi connectivity index (χ2v) is 13.8. The molecule has 0 aliphatic rings. The van der Waals surface area contributed by atoms with Gasteiger partial charge in [0.1, 0.15) is 0 Å². The lowest BCUT2D eigenvalue weighted by Gasteiger charge is -2.09. The first-order valence-corrected chi connectivity index (χ1v) is 17.9. The molecule has 244 valence electrons. The van der Waals surface area contributed by atoms with Gasteiger partial charge in [0, 0.05) is 61.8 Å². The maximum atomic E-state index is 2.40. The van der Waals surface area contributed by atoms with Crippen LogP contribution in [0.5, 0.6) is 0 Å². The molecule has 3 heterocycles. The highest BCUT2D eigenvalue weighted by Crippen LogP contribution is 2.42. The van der Waals surface area contributed by atoms with Crippen LogP contribution in [-0.2, 0) is 7.05 Å². The Balaban J connectivity index is 1.11. The van der Waals surface area contributed by atoms with Gasteiger partial charge in [-0.2, -0.15) is 0 Å². The molecule has 3 nitrogen and oxygen atoms in total. The zero-order valence-corrected chi connectivity index (χ0v) is 28.7. The summed E-state index contributed by atoms with van der Waals surface area (Å²) in [7, 11) is 2.19. The number of aryl methyl sites for hydroxylation is 1. The van der Waals surface area contributed by atoms with Crippen molar-refractivity contribution in [2.24, 2.45) is 7.05 Å². The topological polar surface area (TPSA) is 14.8 Å². The summed E-state index contributed by atoms with van der Waals surface area (Å²) in [6.07, 6.45) is 0. The van der Waals surface area contributed by atoms with Crippen LogP contribution in [0.2, 0.25) is 0 Å². The van der Waals surface area contributed by atoms with Crippen molar-refractivity contribution in [3.8, 4) is 33.6 Å². The Hall–Kier alpha value is -6.84. The first-order chi connectivity index (χ1) is 25.7. The monoisotopic (exact) mass is 663 g/mol. The minimum absolute atomic E-state index is 1.17. The van der Waals surface area contributed by atoms with Crippen molar-refractivity contribution in [1.82, 2.24) is 13.7 Å². The molecule has 0 saturated heterocycles. The molecule has 0 amide bonds. The number of hydrogen-bond donors (Lipinski definition) is 0. The lowest BCUT2D eigenvalue weighted by molar-refractivity contribution is 1.01. The summed E-state index contributed by atoms with van der Waals surface area (Å²) in [5, 5.41) is 7.61. The Morgan fingerprint density at radius 2 is 0.750 bits per heavy atom. The van der Waals surface area contributed by atoms with Crippen molar-refractivity contribution in [1.29, 1.82) is 0 Å². The van der Waals surface area contributed by atoms with Crippen molar-refractivity contribution in [2.75, 3.05) is 0 Å². The van der Waals surface area contributed by atoms with Gasteiger partial charge in [0.2, 0.25) is 0 Å². The van der Waals surface area contributed by atoms with Crippen LogP contribution in [-0.4, -0.2) is 13.7 Å². The third-order valence-corrected chi connectivity index (χ3v) is 11.0. The van der Waals surface area contributed by atoms with Crippen LogP contribution >= 0.6 is 0 Å². The second-order valence-electron chi connectivity index (χ2n) is 13.8. The Kier molecular flexibility index (Phi) is 6.17. The lowest BCUT2D eigenvalue weighted by Crippen LogP contribution is -1.92. The Morgan fingerprint density at radius 1 is 0.308 bits per heavy atom. The summed E-state index contributed by atoms with van der Waals surface area (Å²) in [4.78, 5) is 0. The molecular weight excluding hydrogens is 631 g/mol. The molecule has 52 heavy (non-hydrogen) atoms. The van der Waals surface area contributed by atoms with Gasteiger partial charge in [-0.1, -0.05) is 103 Å². The Bertz CT molecular complexity index is 3180. The highest BCUT2D eigenvalue weighted by atomic mass is 15.0. The summed E-state index contributed by atoms with van der Waals surface area (Å²) in [5.74, 6) is 0. The van der Waals surface area contributed by atoms with Gasteiger partial charge in [-0.3, -0.25) is 0 Å². The first kappa shape index (κ1) is 28.9. The molecule has 0 bridgehead atoms. The Labute approximate surface area is 300 Å². The van der Waals surface area contributed by atoms with Crippen LogP contribution in [0.15, 0.2) is 182 Å². The van der Waals surface area contributed by atoms with Crippen LogP contribution in [0, 0.1) is 0 Å². The number of hydrogen-bond acceptors (Lipinski definition) is 0. The van der Waals surface area contributed by atoms with Crippen molar-refractivity contribution in [3.63, 3.8) is 0 Å². The number of aromatic nitrogens is 3. The standard InChI is InChI=1S/C49H33N3/c1-50-43-26-23-33(32-24-27-46-40(29-32)38-17-8-10-20-44(38)51(46)35-13-4-2-5-14-35)30-42(43)49-37(19-12-22-48(49)50)34-25-28-47-41(31-34)39-18-9-11-21-45(39)52(47)36-15-6-3-7-16-36/h2-31H,1H3. The minimum atomic E-state index is 1.17. The van der Waals surface area contributed by atoms with E-state index in [2.05, 4.69) is 203 Å². The molecule has 3 aromatic heterocycles. The third-order valence-electron chi connectivity index (χ3n) is 11.0. The molecular formula is C49H33N3. The van der Waals surface area contributed by atoms with E-state index in [4.69, 9.17) is 0 Å². The van der Waals surface area contributed by atoms with Gasteiger partial charge >= 0.3 is 0 Å². The highest BCUT2D eigenvalue weighted by Gasteiger charge is 2.18. The van der Waals surface area contributed by atoms with E-state index < -0.39 is 0 Å². The van der Waals surface area contributed by atoms with Crippen LogP contribution < -0.4 is 0 Å². The average Bonchev–Trinajstić information content (AvgIpc) is 3.83. The molecule has 11 aromatic rings. The van der Waals surface area contributed by atoms with Crippen LogP contribution in [0.3, 0.4) is 0 Å². The molecule has 0 unspecified atom stereocenters. The molecule has 11 rings (SSSR count). The number of fused-ring (bicyclic) bond motifs is 9. The summed E-state index contributed by atoms with van der Waals surface area (Å²) in [6.45, 7) is 0. The number of para-hydroxylation sites is 4. The van der Waals surface area contributed by atoms with E-state index in [-0.39, 0.29) is 0 Å². The van der Waals surface area contributed by atoms with E-state index in [1.807, 2.05) is 0 Å². The van der Waals surface area contributed by atoms with E-state index in [1.54, 1.807) is 0 Å². The first-order valence-electron chi connectivity index (χ1n) is 17.9. The fourth-order valence-corrected chi connectivity index (χ4v) is 8.68. The number of rotatable bonds is 4. The normalized spacial score (nSPS) is 11.9. The average molecular weight is 664 g/mol. The van der Waals surface area contributed by atoms with E-state index in [9.17, 15) is 0 Å². The van der Waals surface area contributed by atoms with E-state index in [0.717, 1.165) is 0 Å². The molecule has 0 aliphatic carbocycles. The van der Waals surface area contributed by atoms with Gasteiger partial charge in [0.05, 0.1) is 22.1 Å². The predicted octanol–water partition coefficient (Wildman–Crippen LogP) is 12.9. The van der Waals surface area contributed by atoms with E-state index in [1.165, 1.54) is 99.0 Å². The Morgan fingerprint density at radius 3 is 1.35 bits per heavy atom. The molecule has 0 radical (unpaired) electrons. The third kappa shape index (κ3) is 4.14. The molecule has 3 heteroatoms. The summed E-state index contributed by atoms with van der Waals surface area (Å²) in [5.41, 5.74) is 14.6. The van der Waals surface area contributed by atoms with E-state index >= 15 is 0 Å². The second kappa shape index (κ2) is 11.1. The predicted molar refractivity (Wildman–Crippen MR) is 220 cm³/mol. The molecule has 0 N–H and O–H groups in total. The van der Waals surface area contributed by atoms with Gasteiger partial charge in [-0.25, -0.2) is 0 Å². The van der Waals surface area contributed by atoms with Gasteiger partial charge in [0.15, 0.2) is 0 Å². The van der Waals surface area contributed by atoms with Crippen LogP contribution in [0.1, 0.15) is 0 Å². The number of nitrogens with zero attached hydrogens (tertiary/aromatic N) is 3. The summed E-state index contributed by atoms with van der Waals surface area (Å²) < 4.78 is 7.10. The smallest absolute Gasteiger partial charge is 0.0541 e.